The van der Waals surface area contributed by atoms with E-state index in [-0.39, 0.29) is 17.7 Å². The van der Waals surface area contributed by atoms with Gasteiger partial charge in [-0.25, -0.2) is 0 Å². The van der Waals surface area contributed by atoms with Gasteiger partial charge in [0.1, 0.15) is 5.69 Å². The standard InChI is InChI=1S/C14H24N4O2/c1-17(2)6-7-18-13(12(20-3)9-16-18)14(19)10-4-5-11(15)8-10/h9-11H,4-8,15H2,1-3H3. The number of rotatable bonds is 6. The van der Waals surface area contributed by atoms with Gasteiger partial charge in [0.25, 0.3) is 0 Å². The molecular formula is C14H24N4O2. The van der Waals surface area contributed by atoms with Gasteiger partial charge < -0.3 is 15.4 Å². The highest BCUT2D eigenvalue weighted by molar-refractivity contribution is 5.98. The minimum Gasteiger partial charge on any atom is -0.493 e. The Morgan fingerprint density at radius 2 is 2.30 bits per heavy atom. The topological polar surface area (TPSA) is 73.4 Å². The molecule has 112 valence electrons. The van der Waals surface area contributed by atoms with Crippen LogP contribution in [-0.2, 0) is 6.54 Å². The van der Waals surface area contributed by atoms with Crippen molar-refractivity contribution in [3.05, 3.63) is 11.9 Å². The highest BCUT2D eigenvalue weighted by atomic mass is 16.5. The van der Waals surface area contributed by atoms with E-state index in [1.165, 1.54) is 0 Å². The van der Waals surface area contributed by atoms with Gasteiger partial charge in [0.2, 0.25) is 0 Å². The van der Waals surface area contributed by atoms with Crippen molar-refractivity contribution in [2.45, 2.75) is 31.8 Å². The van der Waals surface area contributed by atoms with Crippen LogP contribution in [0.3, 0.4) is 0 Å². The Kier molecular flexibility index (Phi) is 4.77. The van der Waals surface area contributed by atoms with E-state index in [0.29, 0.717) is 18.0 Å². The second kappa shape index (κ2) is 6.37. The molecule has 20 heavy (non-hydrogen) atoms. The van der Waals surface area contributed by atoms with Crippen LogP contribution in [0, 0.1) is 5.92 Å². The molecule has 1 fully saturated rings. The third kappa shape index (κ3) is 3.19. The predicted molar refractivity (Wildman–Crippen MR) is 77.0 cm³/mol. The van der Waals surface area contributed by atoms with Crippen molar-refractivity contribution >= 4 is 5.78 Å². The molecule has 0 amide bonds. The van der Waals surface area contributed by atoms with Crippen LogP contribution in [0.25, 0.3) is 0 Å². The summed E-state index contributed by atoms with van der Waals surface area (Å²) in [5.74, 6) is 0.689. The zero-order chi connectivity index (χ0) is 14.7. The number of carbonyl (C=O) groups excluding carboxylic acids is 1. The van der Waals surface area contributed by atoms with Crippen molar-refractivity contribution in [3.8, 4) is 5.75 Å². The fraction of sp³-hybridized carbons (Fsp3) is 0.714. The molecule has 1 aromatic heterocycles. The minimum absolute atomic E-state index is 0.00806. The molecule has 0 aromatic carbocycles. The number of nitrogens with two attached hydrogens (primary N) is 1. The molecule has 0 bridgehead atoms. The molecule has 0 spiro atoms. The molecule has 2 unspecified atom stereocenters. The van der Waals surface area contributed by atoms with Crippen molar-refractivity contribution in [3.63, 3.8) is 0 Å². The average Bonchev–Trinajstić information content (AvgIpc) is 3.01. The van der Waals surface area contributed by atoms with Crippen molar-refractivity contribution in [1.82, 2.24) is 14.7 Å². The molecule has 6 nitrogen and oxygen atoms in total. The second-order valence-electron chi connectivity index (χ2n) is 5.72. The summed E-state index contributed by atoms with van der Waals surface area (Å²) in [6, 6.07) is 0.146. The van der Waals surface area contributed by atoms with Gasteiger partial charge in [0.05, 0.1) is 19.9 Å². The number of carbonyl (C=O) groups is 1. The summed E-state index contributed by atoms with van der Waals surface area (Å²) in [7, 11) is 5.57. The van der Waals surface area contributed by atoms with Gasteiger partial charge in [-0.3, -0.25) is 9.48 Å². The first kappa shape index (κ1) is 15.0. The molecule has 2 rings (SSSR count). The summed E-state index contributed by atoms with van der Waals surface area (Å²) in [6.45, 7) is 1.51. The zero-order valence-electron chi connectivity index (χ0n) is 12.5. The van der Waals surface area contributed by atoms with Gasteiger partial charge >= 0.3 is 0 Å². The molecule has 0 radical (unpaired) electrons. The van der Waals surface area contributed by atoms with Crippen LogP contribution in [0.4, 0.5) is 0 Å². The Labute approximate surface area is 119 Å². The highest BCUT2D eigenvalue weighted by Gasteiger charge is 2.32. The molecule has 1 aromatic rings. The Morgan fingerprint density at radius 3 is 2.85 bits per heavy atom. The Hall–Kier alpha value is -1.40. The fourth-order valence-electron chi connectivity index (χ4n) is 2.68. The first-order valence-electron chi connectivity index (χ1n) is 7.07. The normalized spacial score (nSPS) is 22.4. The Bertz CT molecular complexity index is 470. The van der Waals surface area contributed by atoms with Crippen LogP contribution in [-0.4, -0.2) is 54.3 Å². The molecule has 1 aliphatic rings. The van der Waals surface area contributed by atoms with Crippen molar-refractivity contribution < 1.29 is 9.53 Å². The lowest BCUT2D eigenvalue weighted by Gasteiger charge is -2.14. The largest absolute Gasteiger partial charge is 0.493 e. The molecule has 6 heteroatoms. The summed E-state index contributed by atoms with van der Waals surface area (Å²) in [5.41, 5.74) is 6.50. The third-order valence-electron chi connectivity index (χ3n) is 3.86. The van der Waals surface area contributed by atoms with Crippen molar-refractivity contribution in [2.75, 3.05) is 27.7 Å². The lowest BCUT2D eigenvalue weighted by atomic mass is 9.99. The molecule has 1 saturated carbocycles. The number of likely N-dealkylation sites (N-methyl/N-ethyl adjacent to an activating group) is 1. The molecule has 2 N–H and O–H groups in total. The summed E-state index contributed by atoms with van der Waals surface area (Å²) < 4.78 is 7.05. The maximum Gasteiger partial charge on any atom is 0.187 e. The van der Waals surface area contributed by atoms with E-state index < -0.39 is 0 Å². The maximum absolute atomic E-state index is 12.7. The van der Waals surface area contributed by atoms with Gasteiger partial charge in [-0.2, -0.15) is 5.10 Å². The average molecular weight is 280 g/mol. The second-order valence-corrected chi connectivity index (χ2v) is 5.72. The van der Waals surface area contributed by atoms with Crippen LogP contribution in [0.15, 0.2) is 6.20 Å². The number of Topliss-reactive ketones (excluding diaryl/α,β-unsaturated/α-hetero) is 1. The van der Waals surface area contributed by atoms with E-state index in [2.05, 4.69) is 10.00 Å². The highest BCUT2D eigenvalue weighted by Crippen LogP contribution is 2.30. The first-order valence-corrected chi connectivity index (χ1v) is 7.07. The van der Waals surface area contributed by atoms with Gasteiger partial charge in [0.15, 0.2) is 11.5 Å². The number of nitrogens with zero attached hydrogens (tertiary/aromatic N) is 3. The fourth-order valence-corrected chi connectivity index (χ4v) is 2.68. The summed E-state index contributed by atoms with van der Waals surface area (Å²) in [5, 5.41) is 4.28. The molecule has 1 aliphatic carbocycles. The van der Waals surface area contributed by atoms with Gasteiger partial charge in [-0.1, -0.05) is 0 Å². The quantitative estimate of drug-likeness (QED) is 0.779. The molecule has 0 saturated heterocycles. The van der Waals surface area contributed by atoms with Gasteiger partial charge in [-0.15, -0.1) is 0 Å². The number of ketones is 1. The van der Waals surface area contributed by atoms with Gasteiger partial charge in [0, 0.05) is 18.5 Å². The predicted octanol–water partition coefficient (Wildman–Crippen LogP) is 0.763. The molecule has 2 atom stereocenters. The monoisotopic (exact) mass is 280 g/mol. The smallest absolute Gasteiger partial charge is 0.187 e. The van der Waals surface area contributed by atoms with Crippen molar-refractivity contribution in [2.24, 2.45) is 11.7 Å². The van der Waals surface area contributed by atoms with E-state index in [4.69, 9.17) is 10.5 Å². The van der Waals surface area contributed by atoms with E-state index in [1.807, 2.05) is 14.1 Å². The lowest BCUT2D eigenvalue weighted by molar-refractivity contribution is 0.0906. The van der Waals surface area contributed by atoms with E-state index >= 15 is 0 Å². The Morgan fingerprint density at radius 1 is 1.55 bits per heavy atom. The zero-order valence-corrected chi connectivity index (χ0v) is 12.5. The van der Waals surface area contributed by atoms with Crippen LogP contribution >= 0.6 is 0 Å². The van der Waals surface area contributed by atoms with E-state index in [9.17, 15) is 4.79 Å². The molecular weight excluding hydrogens is 256 g/mol. The lowest BCUT2D eigenvalue weighted by Crippen LogP contribution is -2.24. The van der Waals surface area contributed by atoms with E-state index in [1.54, 1.807) is 18.0 Å². The number of methoxy groups -OCH3 is 1. The third-order valence-corrected chi connectivity index (χ3v) is 3.86. The number of aromatic nitrogens is 2. The van der Waals surface area contributed by atoms with Crippen LogP contribution in [0.1, 0.15) is 29.8 Å². The maximum atomic E-state index is 12.7. The molecule has 1 heterocycles. The van der Waals surface area contributed by atoms with Crippen LogP contribution in [0.2, 0.25) is 0 Å². The SMILES string of the molecule is COc1cnn(CCN(C)C)c1C(=O)C1CCC(N)C1. The van der Waals surface area contributed by atoms with Crippen LogP contribution in [0.5, 0.6) is 5.75 Å². The number of ether oxygens (including phenoxy) is 1. The van der Waals surface area contributed by atoms with Crippen LogP contribution < -0.4 is 10.5 Å². The summed E-state index contributed by atoms with van der Waals surface area (Å²) in [4.78, 5) is 14.8. The van der Waals surface area contributed by atoms with Crippen molar-refractivity contribution in [1.29, 1.82) is 0 Å². The first-order chi connectivity index (χ1) is 9.52. The number of hydrogen-bond acceptors (Lipinski definition) is 5. The van der Waals surface area contributed by atoms with Gasteiger partial charge in [-0.05, 0) is 33.4 Å². The minimum atomic E-state index is 0.00806. The molecule has 0 aliphatic heterocycles. The summed E-state index contributed by atoms with van der Waals surface area (Å²) >= 11 is 0. The van der Waals surface area contributed by atoms with E-state index in [0.717, 1.165) is 25.8 Å². The Balaban J connectivity index is 2.19. The summed E-state index contributed by atoms with van der Waals surface area (Å²) in [6.07, 6.45) is 4.17. The number of hydrogen-bond donors (Lipinski definition) is 1.